The van der Waals surface area contributed by atoms with Gasteiger partial charge in [-0.15, -0.1) is 10.2 Å². The molecule has 7 heteroatoms. The number of aryl methyl sites for hydroxylation is 1. The molecule has 0 amide bonds. The van der Waals surface area contributed by atoms with Gasteiger partial charge in [0.2, 0.25) is 0 Å². The second-order valence-corrected chi connectivity index (χ2v) is 7.66. The van der Waals surface area contributed by atoms with Crippen molar-refractivity contribution < 1.29 is 4.39 Å². The topological polar surface area (TPSA) is 66.6 Å². The summed E-state index contributed by atoms with van der Waals surface area (Å²) in [6.45, 7) is 8.29. The maximum atomic E-state index is 13.6. The highest BCUT2D eigenvalue weighted by atomic mass is 19.1. The van der Waals surface area contributed by atoms with Gasteiger partial charge in [0.15, 0.2) is 11.6 Å². The SMILES string of the molecule is CCNC(=NCC(C)(C)c1cccc(F)c1)NCCCc1nnc2ccccn12. The Bertz CT molecular complexity index is 963. The number of benzene rings is 1. The first-order valence-corrected chi connectivity index (χ1v) is 10.1. The zero-order valence-corrected chi connectivity index (χ0v) is 17.3. The first-order chi connectivity index (χ1) is 14.0. The van der Waals surface area contributed by atoms with Crippen molar-refractivity contribution in [3.05, 3.63) is 65.9 Å². The van der Waals surface area contributed by atoms with Gasteiger partial charge in [-0.3, -0.25) is 9.39 Å². The Morgan fingerprint density at radius 2 is 2.00 bits per heavy atom. The number of guanidine groups is 1. The van der Waals surface area contributed by atoms with E-state index in [9.17, 15) is 4.39 Å². The number of nitrogens with one attached hydrogen (secondary N) is 2. The first-order valence-electron chi connectivity index (χ1n) is 10.1. The van der Waals surface area contributed by atoms with Crippen molar-refractivity contribution in [1.29, 1.82) is 0 Å². The molecule has 0 unspecified atom stereocenters. The van der Waals surface area contributed by atoms with Crippen LogP contribution in [0.25, 0.3) is 5.65 Å². The summed E-state index contributed by atoms with van der Waals surface area (Å²) in [6.07, 6.45) is 3.72. The third-order valence-electron chi connectivity index (χ3n) is 4.84. The predicted molar refractivity (Wildman–Crippen MR) is 115 cm³/mol. The summed E-state index contributed by atoms with van der Waals surface area (Å²) in [4.78, 5) is 4.71. The zero-order valence-electron chi connectivity index (χ0n) is 17.3. The Labute approximate surface area is 171 Å². The number of fused-ring (bicyclic) bond motifs is 1. The minimum Gasteiger partial charge on any atom is -0.357 e. The van der Waals surface area contributed by atoms with Crippen molar-refractivity contribution in [3.63, 3.8) is 0 Å². The number of halogens is 1. The Morgan fingerprint density at radius 3 is 2.79 bits per heavy atom. The monoisotopic (exact) mass is 396 g/mol. The molecule has 3 rings (SSSR count). The highest BCUT2D eigenvalue weighted by Crippen LogP contribution is 2.24. The van der Waals surface area contributed by atoms with Gasteiger partial charge < -0.3 is 10.6 Å². The van der Waals surface area contributed by atoms with Crippen molar-refractivity contribution in [2.75, 3.05) is 19.6 Å². The molecule has 0 fully saturated rings. The van der Waals surface area contributed by atoms with E-state index in [1.54, 1.807) is 12.1 Å². The Kier molecular flexibility index (Phi) is 6.80. The predicted octanol–water partition coefficient (Wildman–Crippen LogP) is 3.33. The molecule has 0 spiro atoms. The average molecular weight is 397 g/mol. The largest absolute Gasteiger partial charge is 0.357 e. The van der Waals surface area contributed by atoms with Crippen molar-refractivity contribution in [2.45, 2.75) is 39.0 Å². The fourth-order valence-electron chi connectivity index (χ4n) is 3.13. The van der Waals surface area contributed by atoms with Crippen LogP contribution in [0.1, 0.15) is 38.6 Å². The molecule has 2 N–H and O–H groups in total. The normalized spacial score (nSPS) is 12.3. The minimum atomic E-state index is -0.259. The van der Waals surface area contributed by atoms with Crippen molar-refractivity contribution in [2.24, 2.45) is 4.99 Å². The lowest BCUT2D eigenvalue weighted by molar-refractivity contribution is 0.529. The molecular formula is C22H29FN6. The molecule has 1 aromatic carbocycles. The van der Waals surface area contributed by atoms with Crippen LogP contribution in [0.4, 0.5) is 4.39 Å². The van der Waals surface area contributed by atoms with Gasteiger partial charge in [-0.25, -0.2) is 4.39 Å². The van der Waals surface area contributed by atoms with Crippen LogP contribution < -0.4 is 10.6 Å². The fourth-order valence-corrected chi connectivity index (χ4v) is 3.13. The molecule has 0 aliphatic rings. The van der Waals surface area contributed by atoms with Gasteiger partial charge in [0.05, 0.1) is 6.54 Å². The average Bonchev–Trinajstić information content (AvgIpc) is 3.12. The van der Waals surface area contributed by atoms with Crippen molar-refractivity contribution in [3.8, 4) is 0 Å². The van der Waals surface area contributed by atoms with E-state index >= 15 is 0 Å². The molecule has 2 aromatic heterocycles. The summed E-state index contributed by atoms with van der Waals surface area (Å²) in [7, 11) is 0. The van der Waals surface area contributed by atoms with E-state index in [4.69, 9.17) is 4.99 Å². The molecule has 0 aliphatic carbocycles. The van der Waals surface area contributed by atoms with Gasteiger partial charge in [0.1, 0.15) is 11.6 Å². The molecule has 2 heterocycles. The molecule has 0 bridgehead atoms. The van der Waals surface area contributed by atoms with Crippen molar-refractivity contribution in [1.82, 2.24) is 25.2 Å². The Morgan fingerprint density at radius 1 is 1.14 bits per heavy atom. The van der Waals surface area contributed by atoms with E-state index < -0.39 is 0 Å². The van der Waals surface area contributed by atoms with E-state index in [2.05, 4.69) is 34.7 Å². The van der Waals surface area contributed by atoms with Gasteiger partial charge in [0.25, 0.3) is 0 Å². The molecule has 0 saturated carbocycles. The van der Waals surface area contributed by atoms with E-state index in [1.165, 1.54) is 6.07 Å². The summed E-state index contributed by atoms with van der Waals surface area (Å²) >= 11 is 0. The maximum absolute atomic E-state index is 13.6. The lowest BCUT2D eigenvalue weighted by Crippen LogP contribution is -2.39. The minimum absolute atomic E-state index is 0.217. The quantitative estimate of drug-likeness (QED) is 0.348. The Hall–Kier alpha value is -2.96. The number of pyridine rings is 1. The van der Waals surface area contributed by atoms with Crippen LogP contribution in [0.5, 0.6) is 0 Å². The maximum Gasteiger partial charge on any atom is 0.191 e. The summed E-state index contributed by atoms with van der Waals surface area (Å²) in [6, 6.07) is 12.6. The number of aromatic nitrogens is 3. The van der Waals surface area contributed by atoms with E-state index in [0.717, 1.165) is 48.9 Å². The summed E-state index contributed by atoms with van der Waals surface area (Å²) in [5.74, 6) is 1.50. The van der Waals surface area contributed by atoms with E-state index in [1.807, 2.05) is 41.8 Å². The van der Waals surface area contributed by atoms with Crippen LogP contribution >= 0.6 is 0 Å². The third kappa shape index (κ3) is 5.53. The fraction of sp³-hybridized carbons (Fsp3) is 0.409. The highest BCUT2D eigenvalue weighted by Gasteiger charge is 2.21. The third-order valence-corrected chi connectivity index (χ3v) is 4.84. The van der Waals surface area contributed by atoms with Crippen LogP contribution in [0.3, 0.4) is 0 Å². The number of aliphatic imine (C=N–C) groups is 1. The molecule has 0 aliphatic heterocycles. The number of nitrogens with zero attached hydrogens (tertiary/aromatic N) is 4. The van der Waals surface area contributed by atoms with Crippen LogP contribution in [0.2, 0.25) is 0 Å². The molecule has 0 saturated heterocycles. The standard InChI is InChI=1S/C22H29FN6/c1-4-24-21(26-16-22(2,3)17-9-7-10-18(23)15-17)25-13-8-12-20-28-27-19-11-5-6-14-29(19)20/h5-7,9-11,14-15H,4,8,12-13,16H2,1-3H3,(H2,24,25,26). The lowest BCUT2D eigenvalue weighted by atomic mass is 9.85. The molecule has 6 nitrogen and oxygen atoms in total. The smallest absolute Gasteiger partial charge is 0.191 e. The molecule has 0 radical (unpaired) electrons. The summed E-state index contributed by atoms with van der Waals surface area (Å²) < 4.78 is 15.6. The molecule has 3 aromatic rings. The molecule has 154 valence electrons. The number of hydrogen-bond donors (Lipinski definition) is 2. The first kappa shape index (κ1) is 20.8. The number of rotatable bonds is 8. The Balaban J connectivity index is 1.55. The van der Waals surface area contributed by atoms with Crippen molar-refractivity contribution >= 4 is 11.6 Å². The second kappa shape index (κ2) is 9.49. The van der Waals surface area contributed by atoms with Crippen LogP contribution in [-0.4, -0.2) is 40.2 Å². The molecule has 0 atom stereocenters. The lowest BCUT2D eigenvalue weighted by Gasteiger charge is -2.24. The highest BCUT2D eigenvalue weighted by molar-refractivity contribution is 5.79. The zero-order chi connectivity index (χ0) is 20.7. The van der Waals surface area contributed by atoms with Gasteiger partial charge in [-0.05, 0) is 43.2 Å². The molecule has 29 heavy (non-hydrogen) atoms. The molecular weight excluding hydrogens is 367 g/mol. The second-order valence-electron chi connectivity index (χ2n) is 7.66. The number of hydrogen-bond acceptors (Lipinski definition) is 3. The van der Waals surface area contributed by atoms with E-state index in [-0.39, 0.29) is 11.2 Å². The van der Waals surface area contributed by atoms with E-state index in [0.29, 0.717) is 6.54 Å². The van der Waals surface area contributed by atoms with Crippen LogP contribution in [0.15, 0.2) is 53.7 Å². The van der Waals surface area contributed by atoms with Gasteiger partial charge in [0, 0.05) is 31.1 Å². The van der Waals surface area contributed by atoms with Crippen LogP contribution in [0, 0.1) is 5.82 Å². The van der Waals surface area contributed by atoms with Crippen LogP contribution in [-0.2, 0) is 11.8 Å². The van der Waals surface area contributed by atoms with Gasteiger partial charge in [-0.2, -0.15) is 0 Å². The summed E-state index contributed by atoms with van der Waals surface area (Å²) in [5.41, 5.74) is 1.55. The van der Waals surface area contributed by atoms with Gasteiger partial charge >= 0.3 is 0 Å². The summed E-state index contributed by atoms with van der Waals surface area (Å²) in [5, 5.41) is 15.1. The van der Waals surface area contributed by atoms with Gasteiger partial charge in [-0.1, -0.05) is 32.0 Å².